The van der Waals surface area contributed by atoms with Crippen LogP contribution in [-0.2, 0) is 6.54 Å². The van der Waals surface area contributed by atoms with E-state index in [1.165, 1.54) is 38.2 Å². The van der Waals surface area contributed by atoms with Crippen LogP contribution in [0.2, 0.25) is 0 Å². The van der Waals surface area contributed by atoms with Crippen LogP contribution in [0.5, 0.6) is 5.75 Å². The Morgan fingerprint density at radius 2 is 1.91 bits per heavy atom. The molecule has 6 heteroatoms. The van der Waals surface area contributed by atoms with Crippen molar-refractivity contribution in [3.63, 3.8) is 0 Å². The number of benzene rings is 1. The Morgan fingerprint density at radius 3 is 2.59 bits per heavy atom. The van der Waals surface area contributed by atoms with Crippen molar-refractivity contribution in [3.8, 4) is 5.75 Å². The molecule has 1 aliphatic carbocycles. The zero-order valence-electron chi connectivity index (χ0n) is 12.4. The van der Waals surface area contributed by atoms with Crippen molar-refractivity contribution in [1.82, 2.24) is 5.32 Å². The maximum Gasteiger partial charge on any atom is 0.573 e. The smallest absolute Gasteiger partial charge is 0.405 e. The lowest BCUT2D eigenvalue weighted by Crippen LogP contribution is -2.22. The van der Waals surface area contributed by atoms with Gasteiger partial charge in [0.15, 0.2) is 0 Å². The van der Waals surface area contributed by atoms with Crippen LogP contribution in [0.3, 0.4) is 0 Å². The highest BCUT2D eigenvalue weighted by molar-refractivity contribution is 9.10. The van der Waals surface area contributed by atoms with E-state index in [1.807, 2.05) is 0 Å². The van der Waals surface area contributed by atoms with Crippen molar-refractivity contribution in [1.29, 1.82) is 0 Å². The summed E-state index contributed by atoms with van der Waals surface area (Å²) in [5.41, 5.74) is 0.518. The molecule has 1 fully saturated rings. The van der Waals surface area contributed by atoms with E-state index in [2.05, 4.69) is 26.0 Å². The predicted octanol–water partition coefficient (Wildman–Crippen LogP) is 5.41. The Kier molecular flexibility index (Phi) is 6.56. The van der Waals surface area contributed by atoms with Crippen LogP contribution in [0.25, 0.3) is 0 Å². The van der Waals surface area contributed by atoms with E-state index in [1.54, 1.807) is 12.1 Å². The van der Waals surface area contributed by atoms with E-state index in [0.29, 0.717) is 16.6 Å². The largest absolute Gasteiger partial charge is 0.573 e. The van der Waals surface area contributed by atoms with E-state index in [0.717, 1.165) is 18.9 Å². The van der Waals surface area contributed by atoms with Crippen molar-refractivity contribution in [3.05, 3.63) is 28.2 Å². The Morgan fingerprint density at radius 1 is 1.18 bits per heavy atom. The number of alkyl halides is 3. The lowest BCUT2D eigenvalue weighted by molar-refractivity contribution is -0.274. The first-order valence-electron chi connectivity index (χ1n) is 7.69. The zero-order valence-corrected chi connectivity index (χ0v) is 14.0. The minimum absolute atomic E-state index is 0.146. The molecular weight excluding hydrogens is 359 g/mol. The van der Waals surface area contributed by atoms with Crippen LogP contribution in [0, 0.1) is 5.92 Å². The molecule has 1 N–H and O–H groups in total. The van der Waals surface area contributed by atoms with Gasteiger partial charge < -0.3 is 10.1 Å². The fraction of sp³-hybridized carbons (Fsp3) is 0.625. The van der Waals surface area contributed by atoms with Gasteiger partial charge in [0.25, 0.3) is 0 Å². The minimum Gasteiger partial charge on any atom is -0.405 e. The molecule has 1 aliphatic rings. The highest BCUT2D eigenvalue weighted by atomic mass is 79.9. The third-order valence-electron chi connectivity index (χ3n) is 4.02. The normalized spacial score (nSPS) is 16.7. The molecule has 22 heavy (non-hydrogen) atoms. The van der Waals surface area contributed by atoms with Crippen LogP contribution in [0.4, 0.5) is 13.2 Å². The summed E-state index contributed by atoms with van der Waals surface area (Å²) in [6, 6.07) is 4.73. The van der Waals surface area contributed by atoms with E-state index in [4.69, 9.17) is 0 Å². The molecule has 0 amide bonds. The predicted molar refractivity (Wildman–Crippen MR) is 83.7 cm³/mol. The monoisotopic (exact) mass is 379 g/mol. The molecule has 0 saturated heterocycles. The molecule has 2 rings (SSSR count). The summed E-state index contributed by atoms with van der Waals surface area (Å²) in [6.45, 7) is 1.21. The SMILES string of the molecule is FC(F)(F)Oc1cc(Br)ccc1CNCCC1CCCCC1. The molecule has 0 bridgehead atoms. The van der Waals surface area contributed by atoms with E-state index in [-0.39, 0.29) is 5.75 Å². The fourth-order valence-electron chi connectivity index (χ4n) is 2.90. The number of hydrogen-bond acceptors (Lipinski definition) is 2. The van der Waals surface area contributed by atoms with Gasteiger partial charge in [-0.15, -0.1) is 13.2 Å². The Bertz CT molecular complexity index is 473. The van der Waals surface area contributed by atoms with Gasteiger partial charge in [-0.2, -0.15) is 0 Å². The summed E-state index contributed by atoms with van der Waals surface area (Å²) in [6.07, 6.45) is 2.93. The second kappa shape index (κ2) is 8.20. The summed E-state index contributed by atoms with van der Waals surface area (Å²) in [5.74, 6) is 0.615. The standard InChI is InChI=1S/C16H21BrF3NO/c17-14-7-6-13(15(10-14)22-16(18,19)20)11-21-9-8-12-4-2-1-3-5-12/h6-7,10,12,21H,1-5,8-9,11H2. The van der Waals surface area contributed by atoms with Gasteiger partial charge in [-0.1, -0.05) is 54.1 Å². The second-order valence-electron chi connectivity index (χ2n) is 5.77. The maximum absolute atomic E-state index is 12.4. The van der Waals surface area contributed by atoms with Gasteiger partial charge in [0.2, 0.25) is 0 Å². The molecule has 124 valence electrons. The van der Waals surface area contributed by atoms with Crippen molar-refractivity contribution < 1.29 is 17.9 Å². The number of rotatable bonds is 6. The zero-order chi connectivity index (χ0) is 16.0. The first-order chi connectivity index (χ1) is 10.4. The van der Waals surface area contributed by atoms with Gasteiger partial charge in [-0.3, -0.25) is 0 Å². The van der Waals surface area contributed by atoms with Gasteiger partial charge in [0.05, 0.1) is 0 Å². The molecule has 0 unspecified atom stereocenters. The van der Waals surface area contributed by atoms with Gasteiger partial charge in [-0.05, 0) is 31.0 Å². The van der Waals surface area contributed by atoms with Gasteiger partial charge in [0, 0.05) is 16.6 Å². The summed E-state index contributed by atoms with van der Waals surface area (Å²) in [7, 11) is 0. The first-order valence-corrected chi connectivity index (χ1v) is 8.48. The number of nitrogens with one attached hydrogen (secondary N) is 1. The van der Waals surface area contributed by atoms with E-state index >= 15 is 0 Å². The molecule has 0 aromatic heterocycles. The maximum atomic E-state index is 12.4. The van der Waals surface area contributed by atoms with Crippen LogP contribution in [0.15, 0.2) is 22.7 Å². The van der Waals surface area contributed by atoms with Crippen LogP contribution in [-0.4, -0.2) is 12.9 Å². The average molecular weight is 380 g/mol. The minimum atomic E-state index is -4.67. The fourth-order valence-corrected chi connectivity index (χ4v) is 3.24. The molecular formula is C16H21BrF3NO. The molecule has 0 aliphatic heterocycles. The van der Waals surface area contributed by atoms with Crippen molar-refractivity contribution in [2.24, 2.45) is 5.92 Å². The molecule has 2 nitrogen and oxygen atoms in total. The van der Waals surface area contributed by atoms with E-state index in [9.17, 15) is 13.2 Å². The Balaban J connectivity index is 1.83. The third kappa shape index (κ3) is 6.16. The van der Waals surface area contributed by atoms with Crippen LogP contribution < -0.4 is 10.1 Å². The summed E-state index contributed by atoms with van der Waals surface area (Å²) >= 11 is 3.17. The Hall–Kier alpha value is -0.750. The average Bonchev–Trinajstić information content (AvgIpc) is 2.45. The van der Waals surface area contributed by atoms with E-state index < -0.39 is 6.36 Å². The second-order valence-corrected chi connectivity index (χ2v) is 6.69. The molecule has 1 aromatic carbocycles. The van der Waals surface area contributed by atoms with Crippen molar-refractivity contribution in [2.75, 3.05) is 6.54 Å². The molecule has 0 spiro atoms. The van der Waals surface area contributed by atoms with Crippen molar-refractivity contribution >= 4 is 15.9 Å². The summed E-state index contributed by atoms with van der Waals surface area (Å²) in [4.78, 5) is 0. The molecule has 1 saturated carbocycles. The molecule has 0 atom stereocenters. The topological polar surface area (TPSA) is 21.3 Å². The number of hydrogen-bond donors (Lipinski definition) is 1. The summed E-state index contributed by atoms with van der Waals surface area (Å²) in [5, 5.41) is 3.23. The lowest BCUT2D eigenvalue weighted by Gasteiger charge is -2.21. The lowest BCUT2D eigenvalue weighted by atomic mass is 9.87. The van der Waals surface area contributed by atoms with Crippen LogP contribution in [0.1, 0.15) is 44.1 Å². The van der Waals surface area contributed by atoms with Gasteiger partial charge in [0.1, 0.15) is 5.75 Å². The third-order valence-corrected chi connectivity index (χ3v) is 4.52. The summed E-state index contributed by atoms with van der Waals surface area (Å²) < 4.78 is 41.9. The van der Waals surface area contributed by atoms with Gasteiger partial charge >= 0.3 is 6.36 Å². The van der Waals surface area contributed by atoms with Gasteiger partial charge in [-0.25, -0.2) is 0 Å². The molecule has 0 radical (unpaired) electrons. The quantitative estimate of drug-likeness (QED) is 0.667. The number of ether oxygens (including phenoxy) is 1. The number of halogens is 4. The first kappa shape index (κ1) is 17.6. The molecule has 1 aromatic rings. The highest BCUT2D eigenvalue weighted by Gasteiger charge is 2.32. The Labute approximate surface area is 137 Å². The van der Waals surface area contributed by atoms with Crippen molar-refractivity contribution in [2.45, 2.75) is 51.4 Å². The van der Waals surface area contributed by atoms with Crippen LogP contribution >= 0.6 is 15.9 Å². The molecule has 0 heterocycles. The highest BCUT2D eigenvalue weighted by Crippen LogP contribution is 2.29.